The highest BCUT2D eigenvalue weighted by atomic mass is 32.1. The predicted octanol–water partition coefficient (Wildman–Crippen LogP) is 3.25. The van der Waals surface area contributed by atoms with Gasteiger partial charge in [-0.25, -0.2) is 0 Å². The normalized spacial score (nSPS) is 13.1. The maximum Gasteiger partial charge on any atom is 0.273 e. The number of nitrogen functional groups attached to an aromatic ring is 1. The van der Waals surface area contributed by atoms with Gasteiger partial charge in [0.2, 0.25) is 12.7 Å². The molecule has 0 saturated heterocycles. The molecule has 1 aliphatic heterocycles. The van der Waals surface area contributed by atoms with Crippen LogP contribution in [0, 0.1) is 0 Å². The number of carbonyl (C=O) groups is 3. The van der Waals surface area contributed by atoms with Gasteiger partial charge in [0, 0.05) is 17.3 Å². The quantitative estimate of drug-likeness (QED) is 0.374. The number of aromatic nitrogens is 1. The van der Waals surface area contributed by atoms with E-state index in [4.69, 9.17) is 25.7 Å². The van der Waals surface area contributed by atoms with Crippen molar-refractivity contribution in [1.82, 2.24) is 9.69 Å². The molecule has 3 aromatic rings. The molecule has 0 radical (unpaired) electrons. The molecular weight excluding hydrogens is 510 g/mol. The summed E-state index contributed by atoms with van der Waals surface area (Å²) in [7, 11) is 1.54. The maximum atomic E-state index is 14.2. The molecule has 11 nitrogen and oxygen atoms in total. The zero-order chi connectivity index (χ0) is 27.6. The van der Waals surface area contributed by atoms with Gasteiger partial charge in [-0.3, -0.25) is 19.3 Å². The smallest absolute Gasteiger partial charge is 0.273 e. The predicted molar refractivity (Wildman–Crippen MR) is 143 cm³/mol. The monoisotopic (exact) mass is 539 g/mol. The Morgan fingerprint density at radius 1 is 1.16 bits per heavy atom. The molecule has 2 heterocycles. The van der Waals surface area contributed by atoms with Crippen LogP contribution in [0.4, 0.5) is 11.4 Å². The van der Waals surface area contributed by atoms with Crippen molar-refractivity contribution < 1.29 is 28.6 Å². The molecule has 38 heavy (non-hydrogen) atoms. The van der Waals surface area contributed by atoms with Crippen LogP contribution < -0.4 is 35.9 Å². The van der Waals surface area contributed by atoms with Crippen molar-refractivity contribution in [2.24, 2.45) is 5.73 Å². The van der Waals surface area contributed by atoms with E-state index in [1.807, 2.05) is 20.8 Å². The standard InChI is InChI=1S/C26H29N5O6S/c1-5-26(2,3)29-24(33)21(14-6-9-16(35-4)10-7-14)31(15-8-11-17-18(12-15)37-13-36-17)25(34)22-19(27)20(23(28)32)30-38-22/h6-12,21H,5,13,27H2,1-4H3,(H2,28,32)(H,29,33)/t21-/m0/s1. The molecule has 1 aromatic heterocycles. The molecule has 0 spiro atoms. The first-order valence-electron chi connectivity index (χ1n) is 11.8. The first-order chi connectivity index (χ1) is 18.1. The van der Waals surface area contributed by atoms with Crippen molar-refractivity contribution in [2.45, 2.75) is 38.8 Å². The molecule has 0 fully saturated rings. The molecule has 2 aromatic carbocycles. The molecule has 0 aliphatic carbocycles. The van der Waals surface area contributed by atoms with Crippen molar-refractivity contribution in [3.63, 3.8) is 0 Å². The van der Waals surface area contributed by atoms with Gasteiger partial charge in [0.25, 0.3) is 11.8 Å². The third-order valence-corrected chi connectivity index (χ3v) is 7.14. The van der Waals surface area contributed by atoms with Gasteiger partial charge in [0.05, 0.1) is 12.8 Å². The van der Waals surface area contributed by atoms with Crippen LogP contribution in [-0.2, 0) is 4.79 Å². The van der Waals surface area contributed by atoms with E-state index in [9.17, 15) is 14.4 Å². The SMILES string of the molecule is CCC(C)(C)NC(=O)[C@H](c1ccc(OC)cc1)N(C(=O)c1snc(C(N)=O)c1N)c1ccc2c(c1)OCO2. The molecule has 12 heteroatoms. The minimum Gasteiger partial charge on any atom is -0.497 e. The van der Waals surface area contributed by atoms with Crippen LogP contribution in [0.25, 0.3) is 0 Å². The summed E-state index contributed by atoms with van der Waals surface area (Å²) >= 11 is 0.734. The van der Waals surface area contributed by atoms with Gasteiger partial charge in [-0.15, -0.1) is 0 Å². The van der Waals surface area contributed by atoms with Gasteiger partial charge >= 0.3 is 0 Å². The fourth-order valence-electron chi connectivity index (χ4n) is 3.85. The summed E-state index contributed by atoms with van der Waals surface area (Å²) in [5, 5.41) is 3.04. The van der Waals surface area contributed by atoms with Gasteiger partial charge in [-0.1, -0.05) is 19.1 Å². The van der Waals surface area contributed by atoms with Crippen LogP contribution in [0.2, 0.25) is 0 Å². The molecular formula is C26H29N5O6S. The Hall–Kier alpha value is -4.32. The summed E-state index contributed by atoms with van der Waals surface area (Å²) in [5.74, 6) is -0.421. The lowest BCUT2D eigenvalue weighted by Gasteiger charge is -2.34. The first-order valence-corrected chi connectivity index (χ1v) is 12.6. The average Bonchev–Trinajstić information content (AvgIpc) is 3.52. The second-order valence-electron chi connectivity index (χ2n) is 9.25. The Morgan fingerprint density at radius 2 is 1.84 bits per heavy atom. The molecule has 0 saturated carbocycles. The summed E-state index contributed by atoms with van der Waals surface area (Å²) in [5.41, 5.74) is 11.4. The number of rotatable bonds is 9. The summed E-state index contributed by atoms with van der Waals surface area (Å²) in [4.78, 5) is 41.2. The fourth-order valence-corrected chi connectivity index (χ4v) is 4.59. The minimum atomic E-state index is -1.14. The highest BCUT2D eigenvalue weighted by Gasteiger charge is 2.38. The van der Waals surface area contributed by atoms with E-state index in [0.717, 1.165) is 11.5 Å². The number of hydrogen-bond donors (Lipinski definition) is 3. The zero-order valence-electron chi connectivity index (χ0n) is 21.4. The number of nitrogens with two attached hydrogens (primary N) is 2. The largest absolute Gasteiger partial charge is 0.497 e. The second-order valence-corrected chi connectivity index (χ2v) is 10.0. The third-order valence-electron chi connectivity index (χ3n) is 6.29. The number of anilines is 2. The Morgan fingerprint density at radius 3 is 2.45 bits per heavy atom. The van der Waals surface area contributed by atoms with E-state index < -0.39 is 29.3 Å². The van der Waals surface area contributed by atoms with Gasteiger partial charge in [-0.2, -0.15) is 4.37 Å². The number of amides is 3. The number of benzene rings is 2. The summed E-state index contributed by atoms with van der Waals surface area (Å²) in [6.45, 7) is 5.77. The van der Waals surface area contributed by atoms with E-state index in [1.165, 1.54) is 12.0 Å². The Bertz CT molecular complexity index is 1370. The lowest BCUT2D eigenvalue weighted by molar-refractivity contribution is -0.124. The molecule has 3 amide bonds. The van der Waals surface area contributed by atoms with Crippen LogP contribution in [0.3, 0.4) is 0 Å². The third kappa shape index (κ3) is 5.21. The summed E-state index contributed by atoms with van der Waals surface area (Å²) in [6.07, 6.45) is 0.649. The summed E-state index contributed by atoms with van der Waals surface area (Å²) < 4.78 is 20.2. The van der Waals surface area contributed by atoms with E-state index >= 15 is 0 Å². The van der Waals surface area contributed by atoms with E-state index in [2.05, 4.69) is 9.69 Å². The van der Waals surface area contributed by atoms with Crippen molar-refractivity contribution >= 4 is 40.6 Å². The summed E-state index contributed by atoms with van der Waals surface area (Å²) in [6, 6.07) is 10.6. The first kappa shape index (κ1) is 26.7. The number of methoxy groups -OCH3 is 1. The van der Waals surface area contributed by atoms with Crippen LogP contribution in [0.1, 0.15) is 59.0 Å². The van der Waals surface area contributed by atoms with Gasteiger partial charge < -0.3 is 31.0 Å². The van der Waals surface area contributed by atoms with Crippen LogP contribution in [-0.4, -0.2) is 41.5 Å². The number of nitrogens with zero attached hydrogens (tertiary/aromatic N) is 2. The lowest BCUT2D eigenvalue weighted by atomic mass is 9.98. The molecule has 0 unspecified atom stereocenters. The van der Waals surface area contributed by atoms with Crippen LogP contribution >= 0.6 is 11.5 Å². The number of nitrogens with one attached hydrogen (secondary N) is 1. The average molecular weight is 540 g/mol. The topological polar surface area (TPSA) is 159 Å². The maximum absolute atomic E-state index is 14.2. The van der Waals surface area contributed by atoms with Crippen LogP contribution in [0.5, 0.6) is 17.2 Å². The van der Waals surface area contributed by atoms with E-state index in [0.29, 0.717) is 34.9 Å². The highest BCUT2D eigenvalue weighted by Crippen LogP contribution is 2.40. The van der Waals surface area contributed by atoms with Gasteiger partial charge in [0.15, 0.2) is 17.2 Å². The van der Waals surface area contributed by atoms with Gasteiger partial charge in [-0.05, 0) is 61.6 Å². The van der Waals surface area contributed by atoms with Crippen LogP contribution in [0.15, 0.2) is 42.5 Å². The van der Waals surface area contributed by atoms with Crippen molar-refractivity contribution in [3.05, 3.63) is 58.6 Å². The van der Waals surface area contributed by atoms with Gasteiger partial charge in [0.1, 0.15) is 16.7 Å². The second kappa shape index (κ2) is 10.6. The molecule has 0 bridgehead atoms. The number of hydrogen-bond acceptors (Lipinski definition) is 9. The zero-order valence-corrected chi connectivity index (χ0v) is 22.3. The minimum absolute atomic E-state index is 0.0301. The Balaban J connectivity index is 1.91. The number of fused-ring (bicyclic) bond motifs is 1. The Kier molecular flexibility index (Phi) is 7.44. The number of primary amides is 1. The lowest BCUT2D eigenvalue weighted by Crippen LogP contribution is -2.50. The molecule has 4 rings (SSSR count). The highest BCUT2D eigenvalue weighted by molar-refractivity contribution is 7.09. The molecule has 5 N–H and O–H groups in total. The number of carbonyl (C=O) groups excluding carboxylic acids is 3. The van der Waals surface area contributed by atoms with E-state index in [1.54, 1.807) is 42.5 Å². The Labute approximate surface area is 223 Å². The molecule has 1 aliphatic rings. The molecule has 1 atom stereocenters. The van der Waals surface area contributed by atoms with Crippen molar-refractivity contribution in [1.29, 1.82) is 0 Å². The molecule has 200 valence electrons. The van der Waals surface area contributed by atoms with Crippen molar-refractivity contribution in [3.8, 4) is 17.2 Å². The van der Waals surface area contributed by atoms with E-state index in [-0.39, 0.29) is 23.1 Å². The number of ether oxygens (including phenoxy) is 3. The van der Waals surface area contributed by atoms with Crippen molar-refractivity contribution in [2.75, 3.05) is 24.5 Å². The fraction of sp³-hybridized carbons (Fsp3) is 0.308.